The van der Waals surface area contributed by atoms with E-state index in [4.69, 9.17) is 0 Å². The Morgan fingerprint density at radius 2 is 1.81 bits per heavy atom. The molecule has 0 aromatic heterocycles. The summed E-state index contributed by atoms with van der Waals surface area (Å²) < 4.78 is 29.1. The van der Waals surface area contributed by atoms with Crippen molar-refractivity contribution in [2.24, 2.45) is 5.92 Å². The molecule has 1 saturated heterocycles. The molecule has 1 aromatic carbocycles. The fourth-order valence-electron chi connectivity index (χ4n) is 6.46. The first-order valence-corrected chi connectivity index (χ1v) is 13.6. The topological polar surface area (TPSA) is 47.6 Å². The molecule has 0 saturated carbocycles. The molecule has 1 amide bonds. The molecule has 4 unspecified atom stereocenters. The summed E-state index contributed by atoms with van der Waals surface area (Å²) in [6.45, 7) is 10.4. The predicted octanol–water partition coefficient (Wildman–Crippen LogP) is 4.97. The Balaban J connectivity index is 1.80. The highest BCUT2D eigenvalue weighted by Crippen LogP contribution is 2.46. The van der Waals surface area contributed by atoms with Crippen LogP contribution in [0, 0.1) is 17.6 Å². The Morgan fingerprint density at radius 1 is 1.11 bits per heavy atom. The first kappa shape index (κ1) is 25.7. The number of nitrogens with one attached hydrogen (secondary N) is 2. The summed E-state index contributed by atoms with van der Waals surface area (Å²) in [5, 5.41) is 6.44. The third kappa shape index (κ3) is 4.63. The zero-order valence-corrected chi connectivity index (χ0v) is 22.5. The maximum Gasteiger partial charge on any atom is 0.253 e. The number of rotatable bonds is 3. The van der Waals surface area contributed by atoms with E-state index in [1.807, 2.05) is 0 Å². The van der Waals surface area contributed by atoms with Crippen LogP contribution in [-0.2, 0) is 11.2 Å². The van der Waals surface area contributed by atoms with Crippen molar-refractivity contribution >= 4 is 11.6 Å². The highest BCUT2D eigenvalue weighted by Gasteiger charge is 2.41. The molecule has 5 nitrogen and oxygen atoms in total. The quantitative estimate of drug-likeness (QED) is 0.606. The Morgan fingerprint density at radius 3 is 2.49 bits per heavy atom. The number of nitrogens with zero attached hydrogens (tertiary/aromatic N) is 2. The number of hydrogen-bond donors (Lipinski definition) is 2. The van der Waals surface area contributed by atoms with Gasteiger partial charge in [0.05, 0.1) is 17.3 Å². The van der Waals surface area contributed by atoms with Gasteiger partial charge < -0.3 is 20.4 Å². The number of halogens is 2. The zero-order chi connectivity index (χ0) is 26.4. The van der Waals surface area contributed by atoms with Crippen molar-refractivity contribution in [3.05, 3.63) is 75.7 Å². The monoisotopic (exact) mass is 508 g/mol. The number of piperazine rings is 1. The van der Waals surface area contributed by atoms with Crippen LogP contribution >= 0.6 is 0 Å². The fraction of sp³-hybridized carbons (Fsp3) is 0.500. The van der Waals surface area contributed by atoms with Gasteiger partial charge in [0.1, 0.15) is 0 Å². The lowest BCUT2D eigenvalue weighted by atomic mass is 9.80. The average Bonchev–Trinajstić information content (AvgIpc) is 2.85. The van der Waals surface area contributed by atoms with Gasteiger partial charge in [0.2, 0.25) is 0 Å². The van der Waals surface area contributed by atoms with Gasteiger partial charge in [0.15, 0.2) is 11.6 Å². The molecule has 1 aliphatic carbocycles. The van der Waals surface area contributed by atoms with Crippen LogP contribution in [0.1, 0.15) is 52.5 Å². The van der Waals surface area contributed by atoms with Crippen LogP contribution in [0.25, 0.3) is 0 Å². The minimum atomic E-state index is -0.858. The number of fused-ring (bicyclic) bond motifs is 5. The number of likely N-dealkylation sites (N-methyl/N-ethyl adjacent to an activating group) is 1. The van der Waals surface area contributed by atoms with E-state index in [0.717, 1.165) is 60.5 Å². The molecule has 7 heteroatoms. The van der Waals surface area contributed by atoms with Crippen molar-refractivity contribution in [2.45, 2.75) is 71.5 Å². The van der Waals surface area contributed by atoms with Crippen LogP contribution < -0.4 is 15.5 Å². The van der Waals surface area contributed by atoms with Crippen LogP contribution in [0.2, 0.25) is 0 Å². The number of carbonyl (C=O) groups is 1. The molecule has 4 atom stereocenters. The van der Waals surface area contributed by atoms with Crippen molar-refractivity contribution in [3.8, 4) is 0 Å². The van der Waals surface area contributed by atoms with Crippen molar-refractivity contribution in [1.29, 1.82) is 0 Å². The van der Waals surface area contributed by atoms with Crippen molar-refractivity contribution in [2.75, 3.05) is 25.0 Å². The standard InChI is InChI=1S/C30H38F2N4O/c1-6-20-11-21-12-24(31)25(32)14-28(21)36-27-10-8-17(2)7-9-26(35-15-18(3)34-19(4)16-35)22(27)13-23(29(20)36)30(37)33-5/h7,9,12-14,17-19,27,34H,6,8,10-11,15-16H2,1-5H3,(H,33,37). The highest BCUT2D eigenvalue weighted by molar-refractivity contribution is 6.01. The second kappa shape index (κ2) is 10.1. The maximum absolute atomic E-state index is 14.7. The second-order valence-electron chi connectivity index (χ2n) is 11.0. The minimum Gasteiger partial charge on any atom is -0.368 e. The number of benzene rings is 1. The molecule has 0 bridgehead atoms. The SMILES string of the molecule is CCC1=C2C(C(=O)NC)=CC3=C(N4CC(C)NC(C)C4)C=CC(C)CCC3N2c2cc(F)c(F)cc2C1. The third-order valence-electron chi connectivity index (χ3n) is 8.16. The molecular formula is C30H38F2N4O. The van der Waals surface area contributed by atoms with Crippen LogP contribution in [0.15, 0.2) is 58.5 Å². The Hall–Kier alpha value is -2.93. The summed E-state index contributed by atoms with van der Waals surface area (Å²) in [6, 6.07) is 3.23. The number of allylic oxidation sites excluding steroid dienone is 3. The molecule has 5 rings (SSSR count). The van der Waals surface area contributed by atoms with Gasteiger partial charge in [-0.1, -0.05) is 19.9 Å². The molecule has 1 fully saturated rings. The zero-order valence-electron chi connectivity index (χ0n) is 22.5. The van der Waals surface area contributed by atoms with Gasteiger partial charge in [0, 0.05) is 49.7 Å². The molecule has 3 aliphatic heterocycles. The largest absolute Gasteiger partial charge is 0.368 e. The third-order valence-corrected chi connectivity index (χ3v) is 8.16. The number of anilines is 1. The van der Waals surface area contributed by atoms with E-state index < -0.39 is 11.6 Å². The van der Waals surface area contributed by atoms with E-state index in [9.17, 15) is 13.6 Å². The van der Waals surface area contributed by atoms with Gasteiger partial charge in [-0.2, -0.15) is 0 Å². The van der Waals surface area contributed by atoms with Gasteiger partial charge >= 0.3 is 0 Å². The molecule has 2 N–H and O–H groups in total. The summed E-state index contributed by atoms with van der Waals surface area (Å²) in [5.41, 5.74) is 6.15. The van der Waals surface area contributed by atoms with Crippen LogP contribution in [0.5, 0.6) is 0 Å². The smallest absolute Gasteiger partial charge is 0.253 e. The molecule has 0 radical (unpaired) electrons. The molecule has 37 heavy (non-hydrogen) atoms. The van der Waals surface area contributed by atoms with Crippen LogP contribution in [0.4, 0.5) is 14.5 Å². The lowest BCUT2D eigenvalue weighted by Gasteiger charge is -2.47. The first-order chi connectivity index (χ1) is 17.7. The van der Waals surface area contributed by atoms with Crippen molar-refractivity contribution < 1.29 is 13.6 Å². The summed E-state index contributed by atoms with van der Waals surface area (Å²) in [7, 11) is 1.65. The lowest BCUT2D eigenvalue weighted by Crippen LogP contribution is -2.54. The maximum atomic E-state index is 14.7. The second-order valence-corrected chi connectivity index (χ2v) is 11.0. The molecular weight excluding hydrogens is 470 g/mol. The van der Waals surface area contributed by atoms with Crippen molar-refractivity contribution in [3.63, 3.8) is 0 Å². The van der Waals surface area contributed by atoms with Gasteiger partial charge in [-0.05, 0) is 80.4 Å². The van der Waals surface area contributed by atoms with E-state index in [-0.39, 0.29) is 11.9 Å². The Bertz CT molecular complexity index is 1220. The average molecular weight is 509 g/mol. The van der Waals surface area contributed by atoms with Gasteiger partial charge in [-0.3, -0.25) is 4.79 Å². The first-order valence-electron chi connectivity index (χ1n) is 13.6. The van der Waals surface area contributed by atoms with E-state index in [1.165, 1.54) is 12.1 Å². The molecule has 4 aliphatic rings. The summed E-state index contributed by atoms with van der Waals surface area (Å²) in [5.74, 6) is -1.47. The van der Waals surface area contributed by atoms with E-state index in [2.05, 4.69) is 66.4 Å². The number of amides is 1. The molecule has 3 heterocycles. The van der Waals surface area contributed by atoms with Gasteiger partial charge in [-0.25, -0.2) is 8.78 Å². The molecule has 198 valence electrons. The number of hydrogen-bond acceptors (Lipinski definition) is 4. The lowest BCUT2D eigenvalue weighted by molar-refractivity contribution is -0.116. The van der Waals surface area contributed by atoms with E-state index in [1.54, 1.807) is 7.05 Å². The summed E-state index contributed by atoms with van der Waals surface area (Å²) >= 11 is 0. The number of carbonyl (C=O) groups excluding carboxylic acids is 1. The van der Waals surface area contributed by atoms with Gasteiger partial charge in [0.25, 0.3) is 5.91 Å². The predicted molar refractivity (Wildman–Crippen MR) is 144 cm³/mol. The summed E-state index contributed by atoms with van der Waals surface area (Å²) in [4.78, 5) is 17.9. The van der Waals surface area contributed by atoms with Crippen LogP contribution in [0.3, 0.4) is 0 Å². The fourth-order valence-corrected chi connectivity index (χ4v) is 6.46. The van der Waals surface area contributed by atoms with E-state index >= 15 is 0 Å². The van der Waals surface area contributed by atoms with Crippen LogP contribution in [-0.4, -0.2) is 49.1 Å². The minimum absolute atomic E-state index is 0.0863. The normalized spacial score (nSPS) is 27.7. The highest BCUT2D eigenvalue weighted by atomic mass is 19.2. The molecule has 1 aromatic rings. The summed E-state index contributed by atoms with van der Waals surface area (Å²) in [6.07, 6.45) is 9.59. The Kier molecular flexibility index (Phi) is 7.01. The Labute approximate surface area is 219 Å². The molecule has 0 spiro atoms. The van der Waals surface area contributed by atoms with E-state index in [0.29, 0.717) is 35.7 Å². The van der Waals surface area contributed by atoms with Gasteiger partial charge in [-0.15, -0.1) is 0 Å². The van der Waals surface area contributed by atoms with Crippen molar-refractivity contribution in [1.82, 2.24) is 15.5 Å².